The molecule has 0 aliphatic rings. The van der Waals surface area contributed by atoms with Crippen molar-refractivity contribution in [2.45, 2.75) is 6.92 Å². The summed E-state index contributed by atoms with van der Waals surface area (Å²) in [6.45, 7) is 1.62. The molecule has 0 saturated carbocycles. The number of hydrogen-bond acceptors (Lipinski definition) is 5. The van der Waals surface area contributed by atoms with Crippen LogP contribution in [0.1, 0.15) is 5.69 Å². The summed E-state index contributed by atoms with van der Waals surface area (Å²) in [5.74, 6) is -0.00260. The van der Waals surface area contributed by atoms with Crippen LogP contribution in [0.5, 0.6) is 11.5 Å². The number of nitrogens with zero attached hydrogens (tertiary/aromatic N) is 2. The van der Waals surface area contributed by atoms with Crippen LogP contribution in [-0.2, 0) is 11.8 Å². The van der Waals surface area contributed by atoms with Gasteiger partial charge in [0, 0.05) is 24.6 Å². The van der Waals surface area contributed by atoms with Crippen molar-refractivity contribution in [2.24, 2.45) is 7.05 Å². The van der Waals surface area contributed by atoms with E-state index in [1.807, 2.05) is 7.05 Å². The molecule has 1 amide bonds. The summed E-state index contributed by atoms with van der Waals surface area (Å²) in [6, 6.07) is 1.51. The molecule has 7 heteroatoms. The zero-order valence-corrected chi connectivity index (χ0v) is 11.4. The van der Waals surface area contributed by atoms with Crippen LogP contribution in [0.3, 0.4) is 0 Å². The number of ether oxygens (including phenoxy) is 1. The van der Waals surface area contributed by atoms with Gasteiger partial charge < -0.3 is 9.84 Å². The molecule has 0 bridgehead atoms. The molecule has 0 fully saturated rings. The van der Waals surface area contributed by atoms with Gasteiger partial charge >= 0.3 is 0 Å². The van der Waals surface area contributed by atoms with Gasteiger partial charge in [0.05, 0.1) is 0 Å². The van der Waals surface area contributed by atoms with Gasteiger partial charge in [-0.15, -0.1) is 11.3 Å². The fraction of sp³-hybridized carbons (Fsp3) is 0.250. The standard InChI is InChI=1S/C12H13N3O3S/c1-8-11(9(16)3-5-15(8)2)18-7-10(17)14-12-13-4-6-19-12/h3-6H,7H2,1-2H3,(H,13,14,17)/p+1. The normalized spacial score (nSPS) is 10.2. The van der Waals surface area contributed by atoms with Crippen molar-refractivity contribution in [1.29, 1.82) is 0 Å². The molecule has 0 radical (unpaired) electrons. The SMILES string of the molecule is Cc1c(OCC(=O)Nc2nccs2)c(O)cc[n+]1C. The molecule has 0 aliphatic carbocycles. The van der Waals surface area contributed by atoms with Gasteiger partial charge in [0.25, 0.3) is 5.91 Å². The Kier molecular flexibility index (Phi) is 3.96. The monoisotopic (exact) mass is 280 g/mol. The number of thiazole rings is 1. The lowest BCUT2D eigenvalue weighted by molar-refractivity contribution is -0.678. The summed E-state index contributed by atoms with van der Waals surface area (Å²) in [7, 11) is 1.83. The Morgan fingerprint density at radius 1 is 1.63 bits per heavy atom. The van der Waals surface area contributed by atoms with E-state index in [2.05, 4.69) is 10.3 Å². The Labute approximate surface area is 114 Å². The minimum absolute atomic E-state index is 0.0117. The number of aromatic nitrogens is 2. The molecule has 0 unspecified atom stereocenters. The lowest BCUT2D eigenvalue weighted by Crippen LogP contribution is -2.32. The Balaban J connectivity index is 1.99. The van der Waals surface area contributed by atoms with Crippen LogP contribution in [0.15, 0.2) is 23.8 Å². The molecule has 0 atom stereocenters. The van der Waals surface area contributed by atoms with E-state index in [9.17, 15) is 9.90 Å². The van der Waals surface area contributed by atoms with Gasteiger partial charge in [0.1, 0.15) is 7.05 Å². The first-order chi connectivity index (χ1) is 9.08. The number of hydrogen-bond donors (Lipinski definition) is 2. The lowest BCUT2D eigenvalue weighted by Gasteiger charge is -2.08. The number of pyridine rings is 1. The number of rotatable bonds is 4. The number of amides is 1. The molecule has 2 N–H and O–H groups in total. The van der Waals surface area contributed by atoms with Gasteiger partial charge in [-0.25, -0.2) is 9.55 Å². The Hall–Kier alpha value is -2.15. The van der Waals surface area contributed by atoms with Crippen LogP contribution in [0, 0.1) is 6.92 Å². The quantitative estimate of drug-likeness (QED) is 0.819. The average molecular weight is 280 g/mol. The van der Waals surface area contributed by atoms with Crippen LogP contribution in [0.4, 0.5) is 5.13 Å². The van der Waals surface area contributed by atoms with Crippen molar-refractivity contribution in [1.82, 2.24) is 4.98 Å². The number of nitrogens with one attached hydrogen (secondary N) is 1. The van der Waals surface area contributed by atoms with Crippen LogP contribution in [0.2, 0.25) is 0 Å². The van der Waals surface area contributed by atoms with E-state index in [1.165, 1.54) is 17.4 Å². The van der Waals surface area contributed by atoms with Crippen molar-refractivity contribution in [3.63, 3.8) is 0 Å². The van der Waals surface area contributed by atoms with Crippen molar-refractivity contribution in [2.75, 3.05) is 11.9 Å². The van der Waals surface area contributed by atoms with Gasteiger partial charge in [-0.3, -0.25) is 10.1 Å². The molecule has 19 heavy (non-hydrogen) atoms. The van der Waals surface area contributed by atoms with E-state index in [0.717, 1.165) is 5.69 Å². The predicted molar refractivity (Wildman–Crippen MR) is 70.3 cm³/mol. The molecule has 2 rings (SSSR count). The van der Waals surface area contributed by atoms with Crippen LogP contribution in [-0.4, -0.2) is 22.6 Å². The number of aromatic hydroxyl groups is 1. The van der Waals surface area contributed by atoms with E-state index in [1.54, 1.807) is 29.3 Å². The van der Waals surface area contributed by atoms with Gasteiger partial charge in [0.15, 0.2) is 23.7 Å². The first-order valence-corrected chi connectivity index (χ1v) is 6.46. The summed E-state index contributed by atoms with van der Waals surface area (Å²) < 4.78 is 7.15. The van der Waals surface area contributed by atoms with E-state index in [4.69, 9.17) is 4.74 Å². The third-order valence-electron chi connectivity index (χ3n) is 2.57. The van der Waals surface area contributed by atoms with Crippen LogP contribution in [0.25, 0.3) is 0 Å². The first kappa shape index (κ1) is 13.3. The summed E-state index contributed by atoms with van der Waals surface area (Å²) >= 11 is 1.33. The summed E-state index contributed by atoms with van der Waals surface area (Å²) in [6.07, 6.45) is 3.32. The van der Waals surface area contributed by atoms with Gasteiger partial charge in [0.2, 0.25) is 11.4 Å². The van der Waals surface area contributed by atoms with E-state index < -0.39 is 0 Å². The Bertz CT molecular complexity index is 584. The maximum absolute atomic E-state index is 11.6. The summed E-state index contributed by atoms with van der Waals surface area (Å²) in [5, 5.41) is 14.6. The Morgan fingerprint density at radius 2 is 2.42 bits per heavy atom. The number of carbonyl (C=O) groups excluding carboxylic acids is 1. The molecule has 0 spiro atoms. The minimum atomic E-state index is -0.319. The second kappa shape index (κ2) is 5.66. The molecule has 0 saturated heterocycles. The van der Waals surface area contributed by atoms with Gasteiger partial charge in [-0.05, 0) is 0 Å². The highest BCUT2D eigenvalue weighted by Crippen LogP contribution is 2.26. The molecule has 0 aliphatic heterocycles. The average Bonchev–Trinajstić information content (AvgIpc) is 2.87. The molecule has 100 valence electrons. The fourth-order valence-corrected chi connectivity index (χ4v) is 2.02. The zero-order valence-electron chi connectivity index (χ0n) is 10.6. The summed E-state index contributed by atoms with van der Waals surface area (Å²) in [5.41, 5.74) is 0.738. The maximum atomic E-state index is 11.6. The van der Waals surface area contributed by atoms with Crippen molar-refractivity contribution in [3.8, 4) is 11.5 Å². The third-order valence-corrected chi connectivity index (χ3v) is 3.26. The molecular formula is C12H14N3O3S+. The Morgan fingerprint density at radius 3 is 3.11 bits per heavy atom. The topological polar surface area (TPSA) is 75.3 Å². The van der Waals surface area contributed by atoms with Crippen LogP contribution >= 0.6 is 11.3 Å². The number of anilines is 1. The maximum Gasteiger partial charge on any atom is 0.264 e. The molecule has 2 heterocycles. The highest BCUT2D eigenvalue weighted by molar-refractivity contribution is 7.13. The van der Waals surface area contributed by atoms with Crippen molar-refractivity contribution >= 4 is 22.4 Å². The third kappa shape index (κ3) is 3.19. The van der Waals surface area contributed by atoms with E-state index >= 15 is 0 Å². The fourth-order valence-electron chi connectivity index (χ4n) is 1.47. The lowest BCUT2D eigenvalue weighted by atomic mass is 10.3. The smallest absolute Gasteiger partial charge is 0.264 e. The van der Waals surface area contributed by atoms with Crippen molar-refractivity contribution < 1.29 is 19.2 Å². The second-order valence-electron chi connectivity index (χ2n) is 3.90. The van der Waals surface area contributed by atoms with Gasteiger partial charge in [-0.2, -0.15) is 0 Å². The molecule has 6 nitrogen and oxygen atoms in total. The van der Waals surface area contributed by atoms with Crippen molar-refractivity contribution in [3.05, 3.63) is 29.5 Å². The molecule has 0 aromatic carbocycles. The number of aryl methyl sites for hydroxylation is 1. The predicted octanol–water partition coefficient (Wildman–Crippen LogP) is 0.999. The largest absolute Gasteiger partial charge is 0.504 e. The second-order valence-corrected chi connectivity index (χ2v) is 4.80. The van der Waals surface area contributed by atoms with Gasteiger partial charge in [-0.1, -0.05) is 0 Å². The minimum Gasteiger partial charge on any atom is -0.504 e. The molecule has 2 aromatic rings. The molecular weight excluding hydrogens is 266 g/mol. The van der Waals surface area contributed by atoms with Crippen LogP contribution < -0.4 is 14.6 Å². The van der Waals surface area contributed by atoms with E-state index in [0.29, 0.717) is 10.9 Å². The molecule has 2 aromatic heterocycles. The van der Waals surface area contributed by atoms with E-state index in [-0.39, 0.29) is 18.3 Å². The summed E-state index contributed by atoms with van der Waals surface area (Å²) in [4.78, 5) is 15.6. The highest BCUT2D eigenvalue weighted by Gasteiger charge is 2.16. The highest BCUT2D eigenvalue weighted by atomic mass is 32.1. The number of carbonyl (C=O) groups is 1. The first-order valence-electron chi connectivity index (χ1n) is 5.58. The zero-order chi connectivity index (χ0) is 13.8.